The summed E-state index contributed by atoms with van der Waals surface area (Å²) < 4.78 is 17.1. The van der Waals surface area contributed by atoms with Crippen molar-refractivity contribution < 1.29 is 14.2 Å². The van der Waals surface area contributed by atoms with E-state index in [0.717, 1.165) is 43.5 Å². The first-order valence-corrected chi connectivity index (χ1v) is 9.44. The second kappa shape index (κ2) is 13.2. The number of benzene rings is 1. The molecule has 154 valence electrons. The van der Waals surface area contributed by atoms with Gasteiger partial charge in [0.2, 0.25) is 0 Å². The van der Waals surface area contributed by atoms with Crippen molar-refractivity contribution in [3.63, 3.8) is 0 Å². The first-order valence-electron chi connectivity index (χ1n) is 9.44. The SMILES string of the molecule is CN=C(NCCOCC(C)C)NCc1ccc(C)cc1OC1CCOC1.I. The number of guanidine groups is 1. The molecule has 7 heteroatoms. The van der Waals surface area contributed by atoms with Crippen LogP contribution in [-0.4, -0.2) is 52.1 Å². The number of aliphatic imine (C=N–C) groups is 1. The second-order valence-corrected chi connectivity index (χ2v) is 7.04. The zero-order valence-corrected chi connectivity index (χ0v) is 19.2. The zero-order valence-electron chi connectivity index (χ0n) is 16.9. The van der Waals surface area contributed by atoms with Crippen LogP contribution in [0.2, 0.25) is 0 Å². The van der Waals surface area contributed by atoms with E-state index in [1.54, 1.807) is 7.05 Å². The summed E-state index contributed by atoms with van der Waals surface area (Å²) in [6.07, 6.45) is 1.09. The molecule has 0 saturated carbocycles. The maximum atomic E-state index is 6.14. The minimum Gasteiger partial charge on any atom is -0.488 e. The Hall–Kier alpha value is -1.06. The van der Waals surface area contributed by atoms with Crippen molar-refractivity contribution in [3.05, 3.63) is 29.3 Å². The molecule has 1 heterocycles. The lowest BCUT2D eigenvalue weighted by molar-refractivity contribution is 0.114. The standard InChI is InChI=1S/C20H33N3O3.HI/c1-15(2)13-25-10-8-22-20(21-4)23-12-17-6-5-16(3)11-19(17)26-18-7-9-24-14-18;/h5-6,11,15,18H,7-10,12-14H2,1-4H3,(H2,21,22,23);1H. The van der Waals surface area contributed by atoms with Crippen LogP contribution in [0.15, 0.2) is 23.2 Å². The average molecular weight is 491 g/mol. The van der Waals surface area contributed by atoms with Crippen LogP contribution in [0.1, 0.15) is 31.4 Å². The summed E-state index contributed by atoms with van der Waals surface area (Å²) in [4.78, 5) is 4.26. The monoisotopic (exact) mass is 491 g/mol. The van der Waals surface area contributed by atoms with Crippen molar-refractivity contribution in [1.29, 1.82) is 0 Å². The van der Waals surface area contributed by atoms with Crippen molar-refractivity contribution in [1.82, 2.24) is 10.6 Å². The Balaban J connectivity index is 0.00000364. The van der Waals surface area contributed by atoms with E-state index in [1.807, 2.05) is 0 Å². The van der Waals surface area contributed by atoms with Crippen LogP contribution >= 0.6 is 24.0 Å². The summed E-state index contributed by atoms with van der Waals surface area (Å²) in [5.41, 5.74) is 2.30. The van der Waals surface area contributed by atoms with E-state index in [9.17, 15) is 0 Å². The molecule has 27 heavy (non-hydrogen) atoms. The van der Waals surface area contributed by atoms with Crippen LogP contribution < -0.4 is 15.4 Å². The van der Waals surface area contributed by atoms with Gasteiger partial charge in [0.25, 0.3) is 0 Å². The minimum absolute atomic E-state index is 0. The normalized spacial score (nSPS) is 16.9. The van der Waals surface area contributed by atoms with Crippen molar-refractivity contribution >= 4 is 29.9 Å². The molecule has 1 atom stereocenters. The number of rotatable bonds is 9. The van der Waals surface area contributed by atoms with Crippen LogP contribution in [0, 0.1) is 12.8 Å². The Labute approximate surface area is 180 Å². The molecule has 1 aliphatic rings. The molecule has 1 aliphatic heterocycles. The number of hydrogen-bond donors (Lipinski definition) is 2. The molecule has 1 saturated heterocycles. The number of halogens is 1. The number of ether oxygens (including phenoxy) is 3. The number of hydrogen-bond acceptors (Lipinski definition) is 4. The summed E-state index contributed by atoms with van der Waals surface area (Å²) >= 11 is 0. The highest BCUT2D eigenvalue weighted by Crippen LogP contribution is 2.23. The molecule has 0 radical (unpaired) electrons. The summed E-state index contributed by atoms with van der Waals surface area (Å²) in [5.74, 6) is 2.23. The molecule has 0 aromatic heterocycles. The van der Waals surface area contributed by atoms with Gasteiger partial charge in [-0.2, -0.15) is 0 Å². The van der Waals surface area contributed by atoms with Gasteiger partial charge in [-0.3, -0.25) is 4.99 Å². The Morgan fingerprint density at radius 2 is 2.15 bits per heavy atom. The van der Waals surface area contributed by atoms with Crippen LogP contribution in [0.3, 0.4) is 0 Å². The molecule has 1 unspecified atom stereocenters. The van der Waals surface area contributed by atoms with E-state index < -0.39 is 0 Å². The predicted molar refractivity (Wildman–Crippen MR) is 120 cm³/mol. The Bertz CT molecular complexity index is 576. The first kappa shape index (κ1) is 24.0. The third kappa shape index (κ3) is 9.12. The average Bonchev–Trinajstić information content (AvgIpc) is 3.11. The number of nitrogens with zero attached hydrogens (tertiary/aromatic N) is 1. The predicted octanol–water partition coefficient (Wildman–Crippen LogP) is 3.12. The minimum atomic E-state index is 0. The largest absolute Gasteiger partial charge is 0.488 e. The zero-order chi connectivity index (χ0) is 18.8. The third-order valence-corrected chi connectivity index (χ3v) is 4.06. The van der Waals surface area contributed by atoms with Crippen molar-refractivity contribution in [2.45, 2.75) is 39.8 Å². The Morgan fingerprint density at radius 3 is 2.81 bits per heavy atom. The summed E-state index contributed by atoms with van der Waals surface area (Å²) in [5, 5.41) is 6.61. The highest BCUT2D eigenvalue weighted by molar-refractivity contribution is 14.0. The number of aryl methyl sites for hydroxylation is 1. The van der Waals surface area contributed by atoms with E-state index in [4.69, 9.17) is 14.2 Å². The molecule has 0 amide bonds. The maximum absolute atomic E-state index is 6.14. The summed E-state index contributed by atoms with van der Waals surface area (Å²) in [6, 6.07) is 6.29. The number of nitrogens with one attached hydrogen (secondary N) is 2. The van der Waals surface area contributed by atoms with Gasteiger partial charge in [0.15, 0.2) is 5.96 Å². The van der Waals surface area contributed by atoms with Crippen molar-refractivity contribution in [2.75, 3.05) is 40.0 Å². The lowest BCUT2D eigenvalue weighted by Gasteiger charge is -2.18. The fraction of sp³-hybridized carbons (Fsp3) is 0.650. The van der Waals surface area contributed by atoms with Gasteiger partial charge in [-0.25, -0.2) is 0 Å². The van der Waals surface area contributed by atoms with Crippen molar-refractivity contribution in [2.24, 2.45) is 10.9 Å². The Morgan fingerprint density at radius 1 is 1.33 bits per heavy atom. The fourth-order valence-corrected chi connectivity index (χ4v) is 2.66. The topological polar surface area (TPSA) is 64.1 Å². The Kier molecular flexibility index (Phi) is 11.7. The van der Waals surface area contributed by atoms with Gasteiger partial charge in [0.05, 0.1) is 19.8 Å². The molecule has 2 rings (SSSR count). The quantitative estimate of drug-likeness (QED) is 0.241. The lowest BCUT2D eigenvalue weighted by atomic mass is 10.1. The highest BCUT2D eigenvalue weighted by Gasteiger charge is 2.18. The molecular formula is C20H34IN3O3. The first-order chi connectivity index (χ1) is 12.6. The van der Waals surface area contributed by atoms with Crippen LogP contribution in [0.25, 0.3) is 0 Å². The maximum Gasteiger partial charge on any atom is 0.191 e. The van der Waals surface area contributed by atoms with E-state index in [-0.39, 0.29) is 30.1 Å². The molecule has 2 N–H and O–H groups in total. The van der Waals surface area contributed by atoms with Gasteiger partial charge >= 0.3 is 0 Å². The van der Waals surface area contributed by atoms with E-state index in [0.29, 0.717) is 25.7 Å². The molecule has 1 aromatic carbocycles. The highest BCUT2D eigenvalue weighted by atomic mass is 127. The summed E-state index contributed by atoms with van der Waals surface area (Å²) in [7, 11) is 1.77. The lowest BCUT2D eigenvalue weighted by Crippen LogP contribution is -2.38. The van der Waals surface area contributed by atoms with Crippen LogP contribution in [-0.2, 0) is 16.0 Å². The molecule has 0 aliphatic carbocycles. The van der Waals surface area contributed by atoms with Gasteiger partial charge in [0.1, 0.15) is 11.9 Å². The van der Waals surface area contributed by atoms with E-state index >= 15 is 0 Å². The molecule has 1 aromatic rings. The molecule has 0 spiro atoms. The third-order valence-electron chi connectivity index (χ3n) is 4.06. The van der Waals surface area contributed by atoms with E-state index in [2.05, 4.69) is 54.6 Å². The van der Waals surface area contributed by atoms with Gasteiger partial charge in [-0.15, -0.1) is 24.0 Å². The fourth-order valence-electron chi connectivity index (χ4n) is 2.66. The summed E-state index contributed by atoms with van der Waals surface area (Å²) in [6.45, 7) is 10.6. The second-order valence-electron chi connectivity index (χ2n) is 7.04. The molecule has 0 bridgehead atoms. The molecule has 6 nitrogen and oxygen atoms in total. The van der Waals surface area contributed by atoms with Gasteiger partial charge in [-0.05, 0) is 24.5 Å². The molecule has 1 fully saturated rings. The van der Waals surface area contributed by atoms with E-state index in [1.165, 1.54) is 5.56 Å². The van der Waals surface area contributed by atoms with Crippen LogP contribution in [0.4, 0.5) is 0 Å². The molecular weight excluding hydrogens is 457 g/mol. The smallest absolute Gasteiger partial charge is 0.191 e. The van der Waals surface area contributed by atoms with Gasteiger partial charge < -0.3 is 24.8 Å². The van der Waals surface area contributed by atoms with Crippen molar-refractivity contribution in [3.8, 4) is 5.75 Å². The van der Waals surface area contributed by atoms with Crippen LogP contribution in [0.5, 0.6) is 5.75 Å². The van der Waals surface area contributed by atoms with Gasteiger partial charge in [-0.1, -0.05) is 26.0 Å². The van der Waals surface area contributed by atoms with Gasteiger partial charge in [0, 0.05) is 38.7 Å².